The van der Waals surface area contributed by atoms with Gasteiger partial charge in [-0.25, -0.2) is 4.98 Å². The summed E-state index contributed by atoms with van der Waals surface area (Å²) >= 11 is 1.45. The lowest BCUT2D eigenvalue weighted by Crippen LogP contribution is -2.11. The zero-order chi connectivity index (χ0) is 15.5. The first kappa shape index (κ1) is 15.0. The minimum atomic E-state index is -0.140. The van der Waals surface area contributed by atoms with Crippen LogP contribution in [0.15, 0.2) is 29.6 Å². The Morgan fingerprint density at radius 3 is 2.68 bits per heavy atom. The summed E-state index contributed by atoms with van der Waals surface area (Å²) in [7, 11) is 0. The molecule has 0 bridgehead atoms. The van der Waals surface area contributed by atoms with Crippen LogP contribution in [0, 0.1) is 5.92 Å². The number of anilines is 1. The maximum atomic E-state index is 12.2. The Bertz CT molecular complexity index is 645. The molecule has 1 aliphatic carbocycles. The molecule has 0 spiro atoms. The van der Waals surface area contributed by atoms with E-state index in [0.29, 0.717) is 16.6 Å². The van der Waals surface area contributed by atoms with Gasteiger partial charge in [-0.05, 0) is 48.9 Å². The Balaban J connectivity index is 1.58. The monoisotopic (exact) mass is 316 g/mol. The fraction of sp³-hybridized carbons (Fsp3) is 0.412. The molecule has 116 valence electrons. The van der Waals surface area contributed by atoms with E-state index in [-0.39, 0.29) is 5.91 Å². The molecule has 2 aromatic rings. The third-order valence-electron chi connectivity index (χ3n) is 3.63. The molecule has 1 aliphatic rings. The van der Waals surface area contributed by atoms with Crippen LogP contribution in [-0.2, 0) is 0 Å². The van der Waals surface area contributed by atoms with Gasteiger partial charge in [-0.15, -0.1) is 11.3 Å². The van der Waals surface area contributed by atoms with Gasteiger partial charge in [0, 0.05) is 10.9 Å². The molecule has 1 aromatic heterocycles. The van der Waals surface area contributed by atoms with Crippen molar-refractivity contribution in [2.24, 2.45) is 5.92 Å². The fourth-order valence-corrected chi connectivity index (χ4v) is 2.85. The first-order valence-corrected chi connectivity index (χ1v) is 8.49. The predicted molar refractivity (Wildman–Crippen MR) is 88.8 cm³/mol. The van der Waals surface area contributed by atoms with Crippen molar-refractivity contribution in [1.82, 2.24) is 4.98 Å². The second kappa shape index (κ2) is 6.48. The number of hydrogen-bond donors (Lipinski definition) is 1. The molecule has 1 N–H and O–H groups in total. The fourth-order valence-electron chi connectivity index (χ4n) is 1.98. The number of amides is 1. The summed E-state index contributed by atoms with van der Waals surface area (Å²) in [5.41, 5.74) is 1.61. The molecule has 1 amide bonds. The van der Waals surface area contributed by atoms with E-state index in [0.717, 1.165) is 24.0 Å². The maximum absolute atomic E-state index is 12.2. The Morgan fingerprint density at radius 1 is 1.36 bits per heavy atom. The lowest BCUT2D eigenvalue weighted by atomic mass is 10.2. The average molecular weight is 316 g/mol. The van der Waals surface area contributed by atoms with E-state index in [9.17, 15) is 4.79 Å². The Morgan fingerprint density at radius 2 is 2.09 bits per heavy atom. The van der Waals surface area contributed by atoms with Gasteiger partial charge in [0.1, 0.15) is 5.75 Å². The summed E-state index contributed by atoms with van der Waals surface area (Å²) in [6, 6.07) is 7.26. The van der Waals surface area contributed by atoms with Crippen LogP contribution >= 0.6 is 11.3 Å². The van der Waals surface area contributed by atoms with Crippen LogP contribution in [0.2, 0.25) is 0 Å². The molecule has 1 heterocycles. The third-order valence-corrected chi connectivity index (χ3v) is 4.41. The van der Waals surface area contributed by atoms with Crippen molar-refractivity contribution in [3.63, 3.8) is 0 Å². The van der Waals surface area contributed by atoms with E-state index in [1.54, 1.807) is 12.1 Å². The zero-order valence-corrected chi connectivity index (χ0v) is 13.7. The first-order chi connectivity index (χ1) is 10.6. The highest BCUT2D eigenvalue weighted by molar-refractivity contribution is 7.14. The number of rotatable bonds is 6. The van der Waals surface area contributed by atoms with E-state index < -0.39 is 0 Å². The number of carbonyl (C=O) groups is 1. The number of benzene rings is 1. The Labute approximate surface area is 134 Å². The van der Waals surface area contributed by atoms with Gasteiger partial charge in [0.2, 0.25) is 0 Å². The molecule has 0 radical (unpaired) electrons. The van der Waals surface area contributed by atoms with Crippen LogP contribution in [0.5, 0.6) is 5.75 Å². The van der Waals surface area contributed by atoms with Gasteiger partial charge >= 0.3 is 0 Å². The average Bonchev–Trinajstić information content (AvgIpc) is 3.23. The van der Waals surface area contributed by atoms with Crippen LogP contribution < -0.4 is 10.1 Å². The molecule has 1 saturated carbocycles. The van der Waals surface area contributed by atoms with Crippen molar-refractivity contribution in [1.29, 1.82) is 0 Å². The maximum Gasteiger partial charge on any atom is 0.257 e. The summed E-state index contributed by atoms with van der Waals surface area (Å²) in [6.45, 7) is 4.95. The van der Waals surface area contributed by atoms with Crippen LogP contribution in [0.4, 0.5) is 5.13 Å². The van der Waals surface area contributed by atoms with E-state index in [4.69, 9.17) is 4.74 Å². The molecular weight excluding hydrogens is 296 g/mol. The molecule has 0 saturated heterocycles. The summed E-state index contributed by atoms with van der Waals surface area (Å²) in [5, 5.41) is 5.46. The normalized spacial score (nSPS) is 14.1. The van der Waals surface area contributed by atoms with Gasteiger partial charge in [-0.1, -0.05) is 13.8 Å². The standard InChI is InChI=1S/C17H20N2O2S/c1-11(2)15-10-22-17(18-15)19-16(20)13-5-7-14(8-6-13)21-9-12-3-4-12/h5-8,10-12H,3-4,9H2,1-2H3,(H,18,19,20). The van der Waals surface area contributed by atoms with Crippen LogP contribution in [0.3, 0.4) is 0 Å². The van der Waals surface area contributed by atoms with Crippen molar-refractivity contribution in [3.8, 4) is 5.75 Å². The number of carbonyl (C=O) groups excluding carboxylic acids is 1. The first-order valence-electron chi connectivity index (χ1n) is 7.61. The van der Waals surface area contributed by atoms with Gasteiger partial charge < -0.3 is 4.74 Å². The summed E-state index contributed by atoms with van der Waals surface area (Å²) in [4.78, 5) is 16.6. The number of aromatic nitrogens is 1. The number of ether oxygens (including phenoxy) is 1. The van der Waals surface area contributed by atoms with Crippen LogP contribution in [0.1, 0.15) is 48.7 Å². The SMILES string of the molecule is CC(C)c1csc(NC(=O)c2ccc(OCC3CC3)cc2)n1. The van der Waals surface area contributed by atoms with Gasteiger partial charge in [0.05, 0.1) is 12.3 Å². The molecule has 1 aromatic carbocycles. The molecule has 1 fully saturated rings. The predicted octanol–water partition coefficient (Wildman–Crippen LogP) is 4.31. The highest BCUT2D eigenvalue weighted by Crippen LogP contribution is 2.29. The number of nitrogens with zero attached hydrogens (tertiary/aromatic N) is 1. The van der Waals surface area contributed by atoms with E-state index in [1.165, 1.54) is 24.2 Å². The molecule has 3 rings (SSSR count). The largest absolute Gasteiger partial charge is 0.493 e. The smallest absolute Gasteiger partial charge is 0.257 e. The Kier molecular flexibility index (Phi) is 4.43. The quantitative estimate of drug-likeness (QED) is 0.864. The summed E-state index contributed by atoms with van der Waals surface area (Å²) in [5.74, 6) is 1.77. The molecule has 0 atom stereocenters. The number of hydrogen-bond acceptors (Lipinski definition) is 4. The molecule has 0 unspecified atom stereocenters. The lowest BCUT2D eigenvalue weighted by molar-refractivity contribution is 0.102. The topological polar surface area (TPSA) is 51.2 Å². The summed E-state index contributed by atoms with van der Waals surface area (Å²) < 4.78 is 5.67. The zero-order valence-electron chi connectivity index (χ0n) is 12.8. The van der Waals surface area contributed by atoms with Crippen LogP contribution in [0.25, 0.3) is 0 Å². The van der Waals surface area contributed by atoms with Gasteiger partial charge in [0.15, 0.2) is 5.13 Å². The van der Waals surface area contributed by atoms with Crippen molar-refractivity contribution < 1.29 is 9.53 Å². The van der Waals surface area contributed by atoms with Crippen molar-refractivity contribution in [2.45, 2.75) is 32.6 Å². The molecule has 0 aliphatic heterocycles. The van der Waals surface area contributed by atoms with E-state index >= 15 is 0 Å². The van der Waals surface area contributed by atoms with Crippen molar-refractivity contribution in [3.05, 3.63) is 40.9 Å². The second-order valence-corrected chi connectivity index (χ2v) is 6.82. The van der Waals surface area contributed by atoms with Crippen molar-refractivity contribution >= 4 is 22.4 Å². The second-order valence-electron chi connectivity index (χ2n) is 5.97. The highest BCUT2D eigenvalue weighted by atomic mass is 32.1. The molecule has 5 heteroatoms. The molecular formula is C17H20N2O2S. The van der Waals surface area contributed by atoms with Gasteiger partial charge in [-0.2, -0.15) is 0 Å². The van der Waals surface area contributed by atoms with Crippen molar-refractivity contribution in [2.75, 3.05) is 11.9 Å². The highest BCUT2D eigenvalue weighted by Gasteiger charge is 2.21. The number of nitrogens with one attached hydrogen (secondary N) is 1. The number of thiazole rings is 1. The van der Waals surface area contributed by atoms with Gasteiger partial charge in [-0.3, -0.25) is 10.1 Å². The minimum absolute atomic E-state index is 0.140. The van der Waals surface area contributed by atoms with Gasteiger partial charge in [0.25, 0.3) is 5.91 Å². The summed E-state index contributed by atoms with van der Waals surface area (Å²) in [6.07, 6.45) is 2.54. The lowest BCUT2D eigenvalue weighted by Gasteiger charge is -2.06. The molecule has 22 heavy (non-hydrogen) atoms. The molecule has 4 nitrogen and oxygen atoms in total. The Hall–Kier alpha value is -1.88. The van der Waals surface area contributed by atoms with Crippen LogP contribution in [-0.4, -0.2) is 17.5 Å². The van der Waals surface area contributed by atoms with E-state index in [1.807, 2.05) is 17.5 Å². The van der Waals surface area contributed by atoms with E-state index in [2.05, 4.69) is 24.1 Å². The third kappa shape index (κ3) is 3.85. The minimum Gasteiger partial charge on any atom is -0.493 e.